The maximum Gasteiger partial charge on any atom is 0.472 e. The summed E-state index contributed by atoms with van der Waals surface area (Å²) in [6.45, 7) is 5.37. The van der Waals surface area contributed by atoms with Crippen molar-refractivity contribution < 1.29 is 37.6 Å². The standard InChI is InChI=1S/C55H97O8P/c1-4-7-9-11-13-15-17-19-21-23-25-27-28-30-32-34-36-38-40-42-44-46-48-50-55(57)63-53(52-62-64(58,59)61-6-3)51-60-54(56)49-47-45-43-41-39-37-35-33-31-29-26-24-22-20-18-16-14-12-10-8-5-2/h7,9,13,15,18-21,24-27,53H,4-6,8,10-12,14,16-17,22-23,28-52H2,1-3H3,(H,58,59)/b9-7-,15-13-,20-18-,21-19-,26-24-,27-25-. The molecule has 0 aliphatic heterocycles. The Labute approximate surface area is 393 Å². The van der Waals surface area contributed by atoms with E-state index in [1.807, 2.05) is 0 Å². The summed E-state index contributed by atoms with van der Waals surface area (Å²) in [7, 11) is -4.29. The van der Waals surface area contributed by atoms with Crippen LogP contribution in [0, 0.1) is 0 Å². The second-order valence-electron chi connectivity index (χ2n) is 17.2. The Morgan fingerprint density at radius 3 is 1.20 bits per heavy atom. The number of allylic oxidation sites excluding steroid dienone is 12. The van der Waals surface area contributed by atoms with Gasteiger partial charge < -0.3 is 14.4 Å². The average Bonchev–Trinajstić information content (AvgIpc) is 3.28. The number of unbranched alkanes of at least 4 members (excludes halogenated alkanes) is 24. The van der Waals surface area contributed by atoms with Crippen molar-refractivity contribution >= 4 is 19.8 Å². The fourth-order valence-electron chi connectivity index (χ4n) is 7.18. The summed E-state index contributed by atoms with van der Waals surface area (Å²) in [6, 6.07) is 0. The molecule has 0 saturated heterocycles. The molecule has 0 aromatic rings. The van der Waals surface area contributed by atoms with Crippen LogP contribution in [-0.2, 0) is 32.7 Å². The molecule has 0 aromatic heterocycles. The number of hydrogen-bond acceptors (Lipinski definition) is 7. The summed E-state index contributed by atoms with van der Waals surface area (Å²) in [4.78, 5) is 35.0. The number of carbonyl (C=O) groups is 2. The van der Waals surface area contributed by atoms with Gasteiger partial charge >= 0.3 is 19.8 Å². The Bertz CT molecular complexity index is 1270. The molecule has 370 valence electrons. The third kappa shape index (κ3) is 48.9. The summed E-state index contributed by atoms with van der Waals surface area (Å²) in [5, 5.41) is 0. The smallest absolute Gasteiger partial charge is 0.462 e. The lowest BCUT2D eigenvalue weighted by Gasteiger charge is -2.19. The molecule has 8 nitrogen and oxygen atoms in total. The Kier molecular flexibility index (Phi) is 48.0. The molecule has 2 unspecified atom stereocenters. The fraction of sp³-hybridized carbons (Fsp3) is 0.745. The molecule has 0 rings (SSSR count). The summed E-state index contributed by atoms with van der Waals surface area (Å²) in [5.74, 6) is -0.805. The first-order valence-corrected chi connectivity index (χ1v) is 27.7. The lowest BCUT2D eigenvalue weighted by molar-refractivity contribution is -0.161. The molecule has 0 aliphatic rings. The van der Waals surface area contributed by atoms with Gasteiger partial charge in [-0.15, -0.1) is 0 Å². The van der Waals surface area contributed by atoms with Crippen LogP contribution in [0.2, 0.25) is 0 Å². The molecule has 0 bridgehead atoms. The van der Waals surface area contributed by atoms with Gasteiger partial charge in [0.05, 0.1) is 13.2 Å². The number of phosphoric ester groups is 1. The van der Waals surface area contributed by atoms with E-state index in [9.17, 15) is 19.0 Å². The highest BCUT2D eigenvalue weighted by atomic mass is 31.2. The van der Waals surface area contributed by atoms with Crippen molar-refractivity contribution in [1.29, 1.82) is 0 Å². The first kappa shape index (κ1) is 61.5. The van der Waals surface area contributed by atoms with E-state index in [4.69, 9.17) is 18.5 Å². The minimum Gasteiger partial charge on any atom is -0.462 e. The largest absolute Gasteiger partial charge is 0.472 e. The molecule has 2 atom stereocenters. The molecule has 0 aromatic carbocycles. The Morgan fingerprint density at radius 2 is 0.797 bits per heavy atom. The van der Waals surface area contributed by atoms with Crippen LogP contribution in [0.5, 0.6) is 0 Å². The summed E-state index contributed by atoms with van der Waals surface area (Å²) in [6.07, 6.45) is 63.9. The van der Waals surface area contributed by atoms with Crippen molar-refractivity contribution in [3.05, 3.63) is 72.9 Å². The average molecular weight is 917 g/mol. The van der Waals surface area contributed by atoms with E-state index >= 15 is 0 Å². The van der Waals surface area contributed by atoms with Crippen LogP contribution in [0.15, 0.2) is 72.9 Å². The molecular weight excluding hydrogens is 820 g/mol. The molecule has 64 heavy (non-hydrogen) atoms. The molecule has 0 spiro atoms. The monoisotopic (exact) mass is 917 g/mol. The zero-order valence-corrected chi connectivity index (χ0v) is 42.3. The van der Waals surface area contributed by atoms with Crippen LogP contribution in [-0.4, -0.2) is 42.8 Å². The zero-order valence-electron chi connectivity index (χ0n) is 41.4. The number of hydrogen-bond donors (Lipinski definition) is 1. The molecule has 0 fully saturated rings. The quantitative estimate of drug-likeness (QED) is 0.0278. The predicted octanol–water partition coefficient (Wildman–Crippen LogP) is 17.2. The highest BCUT2D eigenvalue weighted by molar-refractivity contribution is 7.47. The molecule has 1 N–H and O–H groups in total. The van der Waals surface area contributed by atoms with Gasteiger partial charge in [0, 0.05) is 12.8 Å². The lowest BCUT2D eigenvalue weighted by atomic mass is 10.0. The van der Waals surface area contributed by atoms with Crippen molar-refractivity contribution in [1.82, 2.24) is 0 Å². The van der Waals surface area contributed by atoms with Gasteiger partial charge in [-0.3, -0.25) is 18.6 Å². The normalized spacial score (nSPS) is 13.8. The van der Waals surface area contributed by atoms with Gasteiger partial charge in [0.15, 0.2) is 6.10 Å². The molecule has 0 saturated carbocycles. The van der Waals surface area contributed by atoms with E-state index in [1.54, 1.807) is 6.92 Å². The van der Waals surface area contributed by atoms with E-state index in [2.05, 4.69) is 86.8 Å². The predicted molar refractivity (Wildman–Crippen MR) is 271 cm³/mol. The Balaban J connectivity index is 3.99. The maximum absolute atomic E-state index is 12.6. The van der Waals surface area contributed by atoms with E-state index in [0.717, 1.165) is 77.0 Å². The van der Waals surface area contributed by atoms with Gasteiger partial charge in [-0.25, -0.2) is 4.57 Å². The van der Waals surface area contributed by atoms with Gasteiger partial charge in [0.1, 0.15) is 6.61 Å². The van der Waals surface area contributed by atoms with Crippen molar-refractivity contribution in [2.24, 2.45) is 0 Å². The topological polar surface area (TPSA) is 108 Å². The summed E-state index contributed by atoms with van der Waals surface area (Å²) < 4.78 is 32.8. The molecule has 0 amide bonds. The van der Waals surface area contributed by atoms with Gasteiger partial charge in [0.25, 0.3) is 0 Å². The highest BCUT2D eigenvalue weighted by Crippen LogP contribution is 2.43. The Hall–Kier alpha value is -2.51. The third-order valence-electron chi connectivity index (χ3n) is 11.0. The lowest BCUT2D eigenvalue weighted by Crippen LogP contribution is -2.29. The molecule has 0 radical (unpaired) electrons. The molecule has 0 aliphatic carbocycles. The van der Waals surface area contributed by atoms with Gasteiger partial charge in [-0.2, -0.15) is 0 Å². The fourth-order valence-corrected chi connectivity index (χ4v) is 7.94. The first-order valence-electron chi connectivity index (χ1n) is 26.2. The van der Waals surface area contributed by atoms with E-state index in [1.165, 1.54) is 122 Å². The van der Waals surface area contributed by atoms with Crippen molar-refractivity contribution in [2.45, 2.75) is 245 Å². The molecule has 0 heterocycles. The van der Waals surface area contributed by atoms with E-state index < -0.39 is 26.5 Å². The minimum atomic E-state index is -4.29. The van der Waals surface area contributed by atoms with E-state index in [0.29, 0.717) is 6.42 Å². The van der Waals surface area contributed by atoms with Crippen LogP contribution in [0.4, 0.5) is 0 Å². The van der Waals surface area contributed by atoms with Crippen LogP contribution in [0.25, 0.3) is 0 Å². The molecule has 9 heteroatoms. The van der Waals surface area contributed by atoms with Gasteiger partial charge in [0.2, 0.25) is 0 Å². The van der Waals surface area contributed by atoms with Crippen LogP contribution >= 0.6 is 7.82 Å². The number of phosphoric acid groups is 1. The minimum absolute atomic E-state index is 0.00386. The highest BCUT2D eigenvalue weighted by Gasteiger charge is 2.25. The van der Waals surface area contributed by atoms with Gasteiger partial charge in [-0.05, 0) is 90.4 Å². The zero-order chi connectivity index (χ0) is 46.7. The third-order valence-corrected chi connectivity index (χ3v) is 12.1. The van der Waals surface area contributed by atoms with Gasteiger partial charge in [-0.1, -0.05) is 209 Å². The summed E-state index contributed by atoms with van der Waals surface area (Å²) in [5.41, 5.74) is 0. The maximum atomic E-state index is 12.6. The first-order chi connectivity index (χ1) is 31.3. The number of ether oxygens (including phenoxy) is 2. The van der Waals surface area contributed by atoms with E-state index in [-0.39, 0.29) is 32.0 Å². The van der Waals surface area contributed by atoms with Crippen LogP contribution in [0.3, 0.4) is 0 Å². The van der Waals surface area contributed by atoms with Crippen molar-refractivity contribution in [2.75, 3.05) is 19.8 Å². The number of carbonyl (C=O) groups excluding carboxylic acids is 2. The molecular formula is C55H97O8P. The number of esters is 2. The SMILES string of the molecule is CC/C=C\C/C=C\C/C=C\C/C=C\CCCCCCCCCCCCC(=O)OC(COC(=O)CCCCCCCCCCC/C=C\C/C=C\CCCCCCC)COP(=O)(O)OCC. The summed E-state index contributed by atoms with van der Waals surface area (Å²) >= 11 is 0. The second-order valence-corrected chi connectivity index (χ2v) is 18.6. The van der Waals surface area contributed by atoms with Crippen molar-refractivity contribution in [3.63, 3.8) is 0 Å². The number of rotatable bonds is 48. The van der Waals surface area contributed by atoms with Crippen LogP contribution in [0.1, 0.15) is 239 Å². The van der Waals surface area contributed by atoms with Crippen LogP contribution < -0.4 is 0 Å². The van der Waals surface area contributed by atoms with Crippen molar-refractivity contribution in [3.8, 4) is 0 Å². The Morgan fingerprint density at radius 1 is 0.438 bits per heavy atom. The second kappa shape index (κ2) is 49.9.